The van der Waals surface area contributed by atoms with Gasteiger partial charge in [-0.3, -0.25) is 0 Å². The number of para-hydroxylation sites is 1. The molecule has 30 heavy (non-hydrogen) atoms. The minimum absolute atomic E-state index is 0.168. The van der Waals surface area contributed by atoms with Crippen LogP contribution in [0.1, 0.15) is 56.5 Å². The zero-order valence-corrected chi connectivity index (χ0v) is 17.6. The summed E-state index contributed by atoms with van der Waals surface area (Å²) in [5.41, 5.74) is 1.25. The molecular weight excluding hydrogens is 383 g/mol. The van der Waals surface area contributed by atoms with Crippen LogP contribution in [-0.4, -0.2) is 57.5 Å². The third kappa shape index (κ3) is 3.63. The number of benzene rings is 1. The maximum Gasteiger partial charge on any atom is 0.291 e. The molecule has 8 heteroatoms. The summed E-state index contributed by atoms with van der Waals surface area (Å²) < 4.78 is 21.7. The molecule has 1 atom stereocenters. The van der Waals surface area contributed by atoms with Gasteiger partial charge in [-0.25, -0.2) is 4.39 Å². The van der Waals surface area contributed by atoms with Crippen molar-refractivity contribution in [1.29, 1.82) is 0 Å². The summed E-state index contributed by atoms with van der Waals surface area (Å²) in [6, 6.07) is 5.06. The number of likely N-dealkylation sites (tertiary alicyclic amines) is 1. The molecule has 0 spiro atoms. The zero-order chi connectivity index (χ0) is 20.7. The van der Waals surface area contributed by atoms with Crippen molar-refractivity contribution < 1.29 is 8.91 Å². The van der Waals surface area contributed by atoms with Crippen LogP contribution in [0.5, 0.6) is 0 Å². The fourth-order valence-corrected chi connectivity index (χ4v) is 4.80. The van der Waals surface area contributed by atoms with E-state index in [1.54, 1.807) is 6.07 Å². The molecule has 0 unspecified atom stereocenters. The van der Waals surface area contributed by atoms with Gasteiger partial charge in [-0.15, -0.1) is 0 Å². The number of nitrogens with zero attached hydrogens (tertiary/aromatic N) is 5. The van der Waals surface area contributed by atoms with Crippen molar-refractivity contribution in [2.45, 2.75) is 44.9 Å². The first-order valence-corrected chi connectivity index (χ1v) is 11.0. The Balaban J connectivity index is 1.34. The van der Waals surface area contributed by atoms with Gasteiger partial charge in [0.1, 0.15) is 11.3 Å². The highest BCUT2D eigenvalue weighted by Gasteiger charge is 2.28. The van der Waals surface area contributed by atoms with Crippen LogP contribution in [-0.2, 0) is 0 Å². The minimum Gasteiger partial charge on any atom is -0.337 e. The Morgan fingerprint density at radius 3 is 2.80 bits per heavy atom. The van der Waals surface area contributed by atoms with E-state index in [2.05, 4.69) is 25.5 Å². The van der Waals surface area contributed by atoms with Crippen LogP contribution < -0.4 is 5.32 Å². The summed E-state index contributed by atoms with van der Waals surface area (Å²) in [4.78, 5) is 7.18. The van der Waals surface area contributed by atoms with Gasteiger partial charge in [0, 0.05) is 17.8 Å². The predicted molar refractivity (Wildman–Crippen MR) is 112 cm³/mol. The molecule has 1 aromatic carbocycles. The first kappa shape index (κ1) is 19.6. The Morgan fingerprint density at radius 2 is 2.07 bits per heavy atom. The number of aromatic nitrogens is 4. The summed E-state index contributed by atoms with van der Waals surface area (Å²) in [5, 5.41) is 13.0. The molecule has 160 valence electrons. The van der Waals surface area contributed by atoms with Crippen molar-refractivity contribution in [3.8, 4) is 5.95 Å². The highest BCUT2D eigenvalue weighted by atomic mass is 19.1. The number of hydrogen-bond donors (Lipinski definition) is 1. The van der Waals surface area contributed by atoms with E-state index in [1.807, 2.05) is 19.9 Å². The smallest absolute Gasteiger partial charge is 0.291 e. The van der Waals surface area contributed by atoms with E-state index < -0.39 is 0 Å². The van der Waals surface area contributed by atoms with Gasteiger partial charge in [0.05, 0.1) is 5.69 Å². The van der Waals surface area contributed by atoms with Crippen LogP contribution in [0.4, 0.5) is 4.39 Å². The maximum absolute atomic E-state index is 14.6. The van der Waals surface area contributed by atoms with Crippen LogP contribution in [0.3, 0.4) is 0 Å². The third-order valence-electron chi connectivity index (χ3n) is 6.47. The van der Waals surface area contributed by atoms with Crippen LogP contribution in [0.15, 0.2) is 22.7 Å². The molecule has 2 aliphatic heterocycles. The van der Waals surface area contributed by atoms with Crippen molar-refractivity contribution in [3.63, 3.8) is 0 Å². The number of nitrogens with one attached hydrogen (secondary N) is 1. The maximum atomic E-state index is 14.6. The molecule has 7 nitrogen and oxygen atoms in total. The first-order valence-electron chi connectivity index (χ1n) is 11.0. The number of hydrogen-bond acceptors (Lipinski definition) is 6. The Labute approximate surface area is 175 Å². The first-order chi connectivity index (χ1) is 14.6. The van der Waals surface area contributed by atoms with Crippen LogP contribution in [0.25, 0.3) is 16.9 Å². The number of fused-ring (bicyclic) bond motifs is 1. The lowest BCUT2D eigenvalue weighted by molar-refractivity contribution is 0.174. The fourth-order valence-electron chi connectivity index (χ4n) is 4.80. The van der Waals surface area contributed by atoms with E-state index in [9.17, 15) is 4.39 Å². The predicted octanol–water partition coefficient (Wildman–Crippen LogP) is 3.46. The van der Waals surface area contributed by atoms with E-state index in [1.165, 1.54) is 23.7 Å². The molecule has 4 heterocycles. The van der Waals surface area contributed by atoms with Gasteiger partial charge in [-0.05, 0) is 68.5 Å². The lowest BCUT2D eigenvalue weighted by atomic mass is 9.95. The number of piperidine rings is 1. The van der Waals surface area contributed by atoms with E-state index in [4.69, 9.17) is 4.52 Å². The van der Waals surface area contributed by atoms with E-state index in [-0.39, 0.29) is 17.7 Å². The topological polar surface area (TPSA) is 72.0 Å². The molecule has 5 rings (SSSR count). The van der Waals surface area contributed by atoms with Gasteiger partial charge in [0.2, 0.25) is 5.89 Å². The van der Waals surface area contributed by atoms with Gasteiger partial charge in [0.15, 0.2) is 0 Å². The van der Waals surface area contributed by atoms with Crippen molar-refractivity contribution >= 4 is 10.9 Å². The third-order valence-corrected chi connectivity index (χ3v) is 6.47. The minimum atomic E-state index is -0.326. The summed E-state index contributed by atoms with van der Waals surface area (Å²) in [6.45, 7) is 9.66. The van der Waals surface area contributed by atoms with E-state index in [0.717, 1.165) is 56.0 Å². The largest absolute Gasteiger partial charge is 0.337 e. The average Bonchev–Trinajstić information content (AvgIpc) is 3.48. The van der Waals surface area contributed by atoms with Gasteiger partial charge < -0.3 is 14.7 Å². The van der Waals surface area contributed by atoms with E-state index in [0.29, 0.717) is 17.4 Å². The number of halogens is 1. The SMILES string of the molecule is CC(C)c1nn(-c2noc(C3CCN(C[C@H]4CCNC4)CC3)n2)c2c(F)cccc12. The molecule has 0 amide bonds. The van der Waals surface area contributed by atoms with Gasteiger partial charge in [0.25, 0.3) is 5.95 Å². The summed E-state index contributed by atoms with van der Waals surface area (Å²) in [5.74, 6) is 1.81. The van der Waals surface area contributed by atoms with Crippen molar-refractivity contribution in [2.24, 2.45) is 5.92 Å². The Kier molecular flexibility index (Phi) is 5.28. The Bertz CT molecular complexity index is 1010. The van der Waals surface area contributed by atoms with Crippen molar-refractivity contribution in [3.05, 3.63) is 35.6 Å². The van der Waals surface area contributed by atoms with Crippen LogP contribution >= 0.6 is 0 Å². The summed E-state index contributed by atoms with van der Waals surface area (Å²) in [6.07, 6.45) is 3.29. The second-order valence-corrected chi connectivity index (χ2v) is 8.95. The standard InChI is InChI=1S/C22H29FN6O/c1-14(2)19-17-4-3-5-18(23)20(17)29(26-19)22-25-21(30-27-22)16-7-10-28(11-8-16)13-15-6-9-24-12-15/h3-5,14-16,24H,6-13H2,1-2H3/t15-/m0/s1. The van der Waals surface area contributed by atoms with Crippen molar-refractivity contribution in [2.75, 3.05) is 32.7 Å². The van der Waals surface area contributed by atoms with Gasteiger partial charge >= 0.3 is 0 Å². The number of rotatable bonds is 5. The monoisotopic (exact) mass is 412 g/mol. The molecule has 2 fully saturated rings. The van der Waals surface area contributed by atoms with Crippen LogP contribution in [0.2, 0.25) is 0 Å². The zero-order valence-electron chi connectivity index (χ0n) is 17.6. The molecule has 2 aromatic heterocycles. The molecule has 0 radical (unpaired) electrons. The average molecular weight is 413 g/mol. The molecule has 1 N–H and O–H groups in total. The van der Waals surface area contributed by atoms with Gasteiger partial charge in [-0.2, -0.15) is 14.8 Å². The Morgan fingerprint density at radius 1 is 1.23 bits per heavy atom. The van der Waals surface area contributed by atoms with Crippen LogP contribution in [0, 0.1) is 11.7 Å². The lowest BCUT2D eigenvalue weighted by Gasteiger charge is -2.31. The quantitative estimate of drug-likeness (QED) is 0.692. The molecular formula is C22H29FN6O. The molecule has 3 aromatic rings. The summed E-state index contributed by atoms with van der Waals surface area (Å²) >= 11 is 0. The second kappa shape index (κ2) is 8.07. The molecule has 2 aliphatic rings. The Hall–Kier alpha value is -2.32. The second-order valence-electron chi connectivity index (χ2n) is 8.95. The molecule has 0 saturated carbocycles. The molecule has 0 aliphatic carbocycles. The highest BCUT2D eigenvalue weighted by Crippen LogP contribution is 2.31. The summed E-state index contributed by atoms with van der Waals surface area (Å²) in [7, 11) is 0. The molecule has 2 saturated heterocycles. The molecule has 0 bridgehead atoms. The van der Waals surface area contributed by atoms with Crippen molar-refractivity contribution in [1.82, 2.24) is 30.1 Å². The highest BCUT2D eigenvalue weighted by molar-refractivity contribution is 5.84. The normalized spacial score (nSPS) is 21.3. The van der Waals surface area contributed by atoms with E-state index >= 15 is 0 Å². The lowest BCUT2D eigenvalue weighted by Crippen LogP contribution is -2.37. The van der Waals surface area contributed by atoms with Gasteiger partial charge in [-0.1, -0.05) is 26.0 Å². The fraction of sp³-hybridized carbons (Fsp3) is 0.591.